The normalized spacial score (nSPS) is 33.4. The quantitative estimate of drug-likeness (QED) is 0.343. The van der Waals surface area contributed by atoms with Crippen molar-refractivity contribution in [1.29, 1.82) is 0 Å². The van der Waals surface area contributed by atoms with Gasteiger partial charge in [-0.1, -0.05) is 43.7 Å². The van der Waals surface area contributed by atoms with Crippen LogP contribution in [0.2, 0.25) is 0 Å². The van der Waals surface area contributed by atoms with Crippen LogP contribution in [0.5, 0.6) is 5.75 Å². The van der Waals surface area contributed by atoms with E-state index in [-0.39, 0.29) is 30.7 Å². The molecule has 0 amide bonds. The van der Waals surface area contributed by atoms with Gasteiger partial charge < -0.3 is 24.4 Å². The van der Waals surface area contributed by atoms with Crippen LogP contribution in [0.4, 0.5) is 0 Å². The molecule has 202 valence electrons. The Morgan fingerprint density at radius 3 is 2.59 bits per heavy atom. The Labute approximate surface area is 221 Å². The minimum Gasteiger partial charge on any atom is -0.508 e. The van der Waals surface area contributed by atoms with Gasteiger partial charge in [-0.3, -0.25) is 0 Å². The predicted molar refractivity (Wildman–Crippen MR) is 144 cm³/mol. The molecular formula is C31H42O6. The lowest BCUT2D eigenvalue weighted by Gasteiger charge is -2.49. The standard InChI is InChI=1S/C31H42O6/c1-19-7-6-8-24(18-32)27-16-29(33)22(4)14-28(27)30(34)35-26-15-25(10-9-20(2)13-19)37-31(17-26)12-11-21(3)23(5)36-31/h6-9,14,16,19,21,23,25-26,32-33H,10-13,15,17-18H2,1-5H3/t19-,21-,23+,25+,26-,31-/m0/s1. The van der Waals surface area contributed by atoms with Gasteiger partial charge in [-0.15, -0.1) is 0 Å². The topological polar surface area (TPSA) is 85.2 Å². The monoisotopic (exact) mass is 510 g/mol. The largest absolute Gasteiger partial charge is 0.508 e. The number of hydrogen-bond donors (Lipinski definition) is 2. The number of aromatic hydroxyl groups is 1. The van der Waals surface area contributed by atoms with Crippen molar-refractivity contribution < 1.29 is 29.2 Å². The number of hydrogen-bond acceptors (Lipinski definition) is 6. The first-order chi connectivity index (χ1) is 17.6. The summed E-state index contributed by atoms with van der Waals surface area (Å²) in [5.74, 6) is -0.406. The summed E-state index contributed by atoms with van der Waals surface area (Å²) in [5, 5.41) is 20.6. The van der Waals surface area contributed by atoms with Crippen LogP contribution in [0.1, 0.15) is 87.7 Å². The van der Waals surface area contributed by atoms with Crippen LogP contribution in [0.25, 0.3) is 5.57 Å². The summed E-state index contributed by atoms with van der Waals surface area (Å²) in [6, 6.07) is 3.19. The molecule has 6 nitrogen and oxygen atoms in total. The molecular weight excluding hydrogens is 468 g/mol. The molecule has 0 unspecified atom stereocenters. The van der Waals surface area contributed by atoms with Crippen molar-refractivity contribution in [3.8, 4) is 5.75 Å². The maximum atomic E-state index is 13.6. The minimum atomic E-state index is -0.757. The Morgan fingerprint density at radius 1 is 1.08 bits per heavy atom. The van der Waals surface area contributed by atoms with Crippen LogP contribution >= 0.6 is 0 Å². The van der Waals surface area contributed by atoms with E-state index in [0.717, 1.165) is 25.7 Å². The van der Waals surface area contributed by atoms with Gasteiger partial charge in [-0.25, -0.2) is 4.79 Å². The molecule has 0 aliphatic carbocycles. The van der Waals surface area contributed by atoms with Crippen LogP contribution in [0.15, 0.2) is 42.0 Å². The van der Waals surface area contributed by atoms with Gasteiger partial charge >= 0.3 is 5.97 Å². The molecule has 6 heteroatoms. The zero-order chi connectivity index (χ0) is 26.7. The molecule has 1 aromatic rings. The van der Waals surface area contributed by atoms with Crippen molar-refractivity contribution in [3.05, 3.63) is 58.7 Å². The smallest absolute Gasteiger partial charge is 0.339 e. The van der Waals surface area contributed by atoms with Gasteiger partial charge in [0.15, 0.2) is 5.79 Å². The first-order valence-corrected chi connectivity index (χ1v) is 13.6. The third-order valence-corrected chi connectivity index (χ3v) is 8.08. The molecule has 2 N–H and O–H groups in total. The molecule has 0 aromatic heterocycles. The molecule has 0 saturated carbocycles. The molecule has 3 aliphatic heterocycles. The second kappa shape index (κ2) is 11.5. The molecule has 3 heterocycles. The molecule has 2 fully saturated rings. The lowest BCUT2D eigenvalue weighted by molar-refractivity contribution is -0.331. The van der Waals surface area contributed by atoms with Crippen LogP contribution in [-0.2, 0) is 14.2 Å². The fourth-order valence-electron chi connectivity index (χ4n) is 5.72. The van der Waals surface area contributed by atoms with Crippen molar-refractivity contribution in [2.24, 2.45) is 11.8 Å². The number of aliphatic hydroxyl groups excluding tert-OH is 1. The van der Waals surface area contributed by atoms with E-state index in [9.17, 15) is 15.0 Å². The highest BCUT2D eigenvalue weighted by molar-refractivity contribution is 5.96. The second-order valence-corrected chi connectivity index (χ2v) is 11.3. The SMILES string of the molecule is CC1=CC[C@@H]2C[C@@H](C[C@]3(CC[C@H](C)[C@@H](C)O3)O2)OC(=O)c2cc(C)c(O)cc2C(CO)=CC=C[C@H](C)C1. The number of allylic oxidation sites excluding steroid dienone is 4. The fraction of sp³-hybridized carbons (Fsp3) is 0.581. The van der Waals surface area contributed by atoms with Crippen molar-refractivity contribution in [2.45, 2.75) is 97.2 Å². The van der Waals surface area contributed by atoms with Crippen molar-refractivity contribution in [3.63, 3.8) is 0 Å². The Hall–Kier alpha value is -2.41. The van der Waals surface area contributed by atoms with E-state index in [1.807, 2.05) is 6.08 Å². The van der Waals surface area contributed by atoms with Crippen molar-refractivity contribution in [1.82, 2.24) is 0 Å². The van der Waals surface area contributed by atoms with Crippen LogP contribution in [0, 0.1) is 18.8 Å². The third kappa shape index (κ3) is 6.54. The third-order valence-electron chi connectivity index (χ3n) is 8.08. The van der Waals surface area contributed by atoms with Crippen LogP contribution in [-0.4, -0.2) is 46.9 Å². The zero-order valence-corrected chi connectivity index (χ0v) is 22.8. The summed E-state index contributed by atoms with van der Waals surface area (Å²) in [6.45, 7) is 10.1. The maximum absolute atomic E-state index is 13.6. The number of benzene rings is 1. The molecule has 0 radical (unpaired) electrons. The van der Waals surface area contributed by atoms with Gasteiger partial charge in [-0.2, -0.15) is 0 Å². The molecule has 6 atom stereocenters. The molecule has 37 heavy (non-hydrogen) atoms. The fourth-order valence-corrected chi connectivity index (χ4v) is 5.72. The van der Waals surface area contributed by atoms with E-state index >= 15 is 0 Å². The predicted octanol–water partition coefficient (Wildman–Crippen LogP) is 6.24. The summed E-state index contributed by atoms with van der Waals surface area (Å²) < 4.78 is 19.2. The van der Waals surface area contributed by atoms with Crippen LogP contribution < -0.4 is 0 Å². The molecule has 2 bridgehead atoms. The van der Waals surface area contributed by atoms with Gasteiger partial charge in [0.2, 0.25) is 0 Å². The average molecular weight is 511 g/mol. The number of phenols is 1. The second-order valence-electron chi connectivity index (χ2n) is 11.3. The number of rotatable bonds is 1. The van der Waals surface area contributed by atoms with E-state index in [0.29, 0.717) is 46.9 Å². The average Bonchev–Trinajstić information content (AvgIpc) is 2.84. The molecule has 2 saturated heterocycles. The van der Waals surface area contributed by atoms with Gasteiger partial charge in [0.05, 0.1) is 24.4 Å². The Morgan fingerprint density at radius 2 is 1.86 bits per heavy atom. The van der Waals surface area contributed by atoms with E-state index in [2.05, 4.69) is 39.8 Å². The van der Waals surface area contributed by atoms with Gasteiger partial charge in [0, 0.05) is 19.3 Å². The summed E-state index contributed by atoms with van der Waals surface area (Å²) in [5.41, 5.74) is 3.22. The van der Waals surface area contributed by atoms with E-state index in [1.54, 1.807) is 25.1 Å². The maximum Gasteiger partial charge on any atom is 0.339 e. The Kier molecular flexibility index (Phi) is 8.62. The Balaban J connectivity index is 1.74. The lowest BCUT2D eigenvalue weighted by atomic mass is 9.86. The van der Waals surface area contributed by atoms with E-state index in [1.165, 1.54) is 5.57 Å². The molecule has 1 spiro atoms. The van der Waals surface area contributed by atoms with Gasteiger partial charge in [0.1, 0.15) is 11.9 Å². The number of carbonyl (C=O) groups excluding carboxylic acids is 1. The number of carbonyl (C=O) groups is 1. The van der Waals surface area contributed by atoms with Gasteiger partial charge in [0.25, 0.3) is 0 Å². The van der Waals surface area contributed by atoms with Crippen LogP contribution in [0.3, 0.4) is 0 Å². The zero-order valence-electron chi connectivity index (χ0n) is 22.8. The number of phenolic OH excluding ortho intramolecular Hbond substituents is 1. The molecule has 1 aromatic carbocycles. The summed E-state index contributed by atoms with van der Waals surface area (Å²) >= 11 is 0. The first kappa shape index (κ1) is 27.6. The number of esters is 1. The van der Waals surface area contributed by atoms with E-state index < -0.39 is 11.8 Å². The number of aryl methyl sites for hydroxylation is 1. The van der Waals surface area contributed by atoms with E-state index in [4.69, 9.17) is 14.2 Å². The highest BCUT2D eigenvalue weighted by Gasteiger charge is 2.47. The number of aliphatic hydroxyl groups is 1. The highest BCUT2D eigenvalue weighted by Crippen LogP contribution is 2.43. The summed E-state index contributed by atoms with van der Waals surface area (Å²) in [7, 11) is 0. The number of ether oxygens (including phenoxy) is 3. The summed E-state index contributed by atoms with van der Waals surface area (Å²) in [6.07, 6.45) is 12.1. The van der Waals surface area contributed by atoms with Gasteiger partial charge in [-0.05, 0) is 80.7 Å². The molecule has 3 aliphatic rings. The summed E-state index contributed by atoms with van der Waals surface area (Å²) in [4.78, 5) is 13.6. The van der Waals surface area contributed by atoms with Crippen molar-refractivity contribution in [2.75, 3.05) is 6.61 Å². The number of fused-ring (bicyclic) bond motifs is 3. The Bertz CT molecular complexity index is 1090. The minimum absolute atomic E-state index is 0.0650. The molecule has 4 rings (SSSR count). The lowest BCUT2D eigenvalue weighted by Crippen LogP contribution is -2.53. The van der Waals surface area contributed by atoms with Crippen molar-refractivity contribution >= 4 is 11.5 Å². The highest BCUT2D eigenvalue weighted by atomic mass is 16.7. The first-order valence-electron chi connectivity index (χ1n) is 13.6.